The summed E-state index contributed by atoms with van der Waals surface area (Å²) in [6, 6.07) is 8.76. The van der Waals surface area contributed by atoms with Crippen LogP contribution in [0.2, 0.25) is 5.02 Å². The number of nitrogens with two attached hydrogens (primary N) is 1. The topological polar surface area (TPSA) is 80.9 Å². The average Bonchev–Trinajstić information content (AvgIpc) is 2.40. The Balaban J connectivity index is 2.04. The van der Waals surface area contributed by atoms with Crippen molar-refractivity contribution in [3.05, 3.63) is 41.0 Å². The number of carbonyl (C=O) groups is 1. The standard InChI is InChI=1S/C14H15ClN4OS/c1-8-7-12(16)19-14(17-8)21-9(2)13(20)18-11-6-4-3-5-10(11)15/h3-7,9H,1-2H3,(H,18,20)(H2,16,17,19). The maximum absolute atomic E-state index is 12.2. The summed E-state index contributed by atoms with van der Waals surface area (Å²) in [5, 5.41) is 3.39. The fourth-order valence-electron chi connectivity index (χ4n) is 1.63. The van der Waals surface area contributed by atoms with E-state index in [1.54, 1.807) is 31.2 Å². The number of hydrogen-bond donors (Lipinski definition) is 2. The van der Waals surface area contributed by atoms with Crippen molar-refractivity contribution >= 4 is 40.8 Å². The lowest BCUT2D eigenvalue weighted by Crippen LogP contribution is -2.23. The lowest BCUT2D eigenvalue weighted by Gasteiger charge is -2.12. The fourth-order valence-corrected chi connectivity index (χ4v) is 2.65. The van der Waals surface area contributed by atoms with Crippen LogP contribution in [0.25, 0.3) is 0 Å². The molecule has 1 amide bonds. The first kappa shape index (κ1) is 15.6. The molecule has 0 spiro atoms. The number of halogens is 1. The van der Waals surface area contributed by atoms with Crippen molar-refractivity contribution in [3.8, 4) is 0 Å². The molecule has 1 aromatic heterocycles. The predicted octanol–water partition coefficient (Wildman–Crippen LogP) is 3.14. The smallest absolute Gasteiger partial charge is 0.237 e. The van der Waals surface area contributed by atoms with Crippen LogP contribution in [0.4, 0.5) is 11.5 Å². The first-order valence-corrected chi connectivity index (χ1v) is 7.54. The molecule has 1 heterocycles. The van der Waals surface area contributed by atoms with E-state index in [1.807, 2.05) is 13.0 Å². The van der Waals surface area contributed by atoms with Gasteiger partial charge in [-0.1, -0.05) is 35.5 Å². The van der Waals surface area contributed by atoms with E-state index < -0.39 is 0 Å². The number of aryl methyl sites for hydroxylation is 1. The van der Waals surface area contributed by atoms with Crippen LogP contribution >= 0.6 is 23.4 Å². The molecule has 0 radical (unpaired) electrons. The molecule has 0 bridgehead atoms. The second-order valence-corrected chi connectivity index (χ2v) is 6.16. The van der Waals surface area contributed by atoms with Gasteiger partial charge < -0.3 is 11.1 Å². The summed E-state index contributed by atoms with van der Waals surface area (Å²) in [6.07, 6.45) is 0. The Bertz CT molecular complexity index is 645. The minimum absolute atomic E-state index is 0.170. The summed E-state index contributed by atoms with van der Waals surface area (Å²) in [7, 11) is 0. The highest BCUT2D eigenvalue weighted by Crippen LogP contribution is 2.24. The van der Waals surface area contributed by atoms with Crippen LogP contribution < -0.4 is 11.1 Å². The number of carbonyl (C=O) groups excluding carboxylic acids is 1. The summed E-state index contributed by atoms with van der Waals surface area (Å²) < 4.78 is 0. The maximum Gasteiger partial charge on any atom is 0.237 e. The number of nitrogens with zero attached hydrogens (tertiary/aromatic N) is 2. The Kier molecular flexibility index (Phi) is 5.03. The Morgan fingerprint density at radius 2 is 2.10 bits per heavy atom. The van der Waals surface area contributed by atoms with Gasteiger partial charge in [-0.2, -0.15) is 0 Å². The van der Waals surface area contributed by atoms with Crippen LogP contribution in [-0.4, -0.2) is 21.1 Å². The third kappa shape index (κ3) is 4.34. The van der Waals surface area contributed by atoms with Gasteiger partial charge in [0.15, 0.2) is 5.16 Å². The number of thioether (sulfide) groups is 1. The van der Waals surface area contributed by atoms with Crippen LogP contribution in [0, 0.1) is 6.92 Å². The molecule has 0 fully saturated rings. The highest BCUT2D eigenvalue weighted by atomic mass is 35.5. The quantitative estimate of drug-likeness (QED) is 0.667. The number of nitrogen functional groups attached to an aromatic ring is 1. The second kappa shape index (κ2) is 6.78. The van der Waals surface area contributed by atoms with Crippen LogP contribution in [0.5, 0.6) is 0 Å². The third-order valence-corrected chi connectivity index (χ3v) is 3.93. The second-order valence-electron chi connectivity index (χ2n) is 4.45. The molecule has 5 nitrogen and oxygen atoms in total. The molecule has 7 heteroatoms. The summed E-state index contributed by atoms with van der Waals surface area (Å²) in [6.45, 7) is 3.61. The normalized spacial score (nSPS) is 12.0. The molecule has 1 unspecified atom stereocenters. The molecule has 0 aliphatic carbocycles. The monoisotopic (exact) mass is 322 g/mol. The van der Waals surface area contributed by atoms with E-state index in [-0.39, 0.29) is 11.2 Å². The molecule has 0 aliphatic rings. The van der Waals surface area contributed by atoms with Crippen molar-refractivity contribution in [3.63, 3.8) is 0 Å². The van der Waals surface area contributed by atoms with E-state index in [4.69, 9.17) is 17.3 Å². The summed E-state index contributed by atoms with van der Waals surface area (Å²) in [4.78, 5) is 20.5. The van der Waals surface area contributed by atoms with Gasteiger partial charge in [-0.25, -0.2) is 9.97 Å². The lowest BCUT2D eigenvalue weighted by molar-refractivity contribution is -0.115. The fraction of sp³-hybridized carbons (Fsp3) is 0.214. The zero-order valence-electron chi connectivity index (χ0n) is 11.6. The van der Waals surface area contributed by atoms with E-state index >= 15 is 0 Å². The highest BCUT2D eigenvalue weighted by molar-refractivity contribution is 8.00. The summed E-state index contributed by atoms with van der Waals surface area (Å²) in [5.41, 5.74) is 7.02. The maximum atomic E-state index is 12.2. The molecule has 1 aromatic carbocycles. The Labute approximate surface area is 132 Å². The number of anilines is 2. The minimum atomic E-state index is -0.373. The third-order valence-electron chi connectivity index (χ3n) is 2.64. The molecule has 2 rings (SSSR count). The van der Waals surface area contributed by atoms with Gasteiger partial charge in [0.1, 0.15) is 5.82 Å². The van der Waals surface area contributed by atoms with E-state index in [1.165, 1.54) is 11.8 Å². The zero-order valence-corrected chi connectivity index (χ0v) is 13.2. The van der Waals surface area contributed by atoms with Crippen LogP contribution in [0.1, 0.15) is 12.6 Å². The number of nitrogens with one attached hydrogen (secondary N) is 1. The van der Waals surface area contributed by atoms with Gasteiger partial charge in [-0.3, -0.25) is 4.79 Å². The number of para-hydroxylation sites is 1. The number of benzene rings is 1. The molecule has 0 aliphatic heterocycles. The van der Waals surface area contributed by atoms with Gasteiger partial charge in [0.2, 0.25) is 5.91 Å². The molecular formula is C14H15ClN4OS. The van der Waals surface area contributed by atoms with Gasteiger partial charge >= 0.3 is 0 Å². The van der Waals surface area contributed by atoms with Crippen molar-refractivity contribution in [1.29, 1.82) is 0 Å². The molecular weight excluding hydrogens is 308 g/mol. The van der Waals surface area contributed by atoms with Crippen LogP contribution in [-0.2, 0) is 4.79 Å². The number of hydrogen-bond acceptors (Lipinski definition) is 5. The zero-order chi connectivity index (χ0) is 15.4. The van der Waals surface area contributed by atoms with Gasteiger partial charge in [0.05, 0.1) is 16.0 Å². The van der Waals surface area contributed by atoms with E-state index in [2.05, 4.69) is 15.3 Å². The van der Waals surface area contributed by atoms with Gasteiger partial charge in [-0.15, -0.1) is 0 Å². The molecule has 0 saturated heterocycles. The van der Waals surface area contributed by atoms with E-state index in [0.717, 1.165) is 5.69 Å². The number of amides is 1. The van der Waals surface area contributed by atoms with Crippen molar-refractivity contribution < 1.29 is 4.79 Å². The van der Waals surface area contributed by atoms with Gasteiger partial charge in [0.25, 0.3) is 0 Å². The van der Waals surface area contributed by atoms with Crippen LogP contribution in [0.15, 0.2) is 35.5 Å². The molecule has 1 atom stereocenters. The van der Waals surface area contributed by atoms with Crippen molar-refractivity contribution in [2.24, 2.45) is 0 Å². The average molecular weight is 323 g/mol. The molecule has 0 saturated carbocycles. The molecule has 3 N–H and O–H groups in total. The number of aromatic nitrogens is 2. The minimum Gasteiger partial charge on any atom is -0.384 e. The molecule has 21 heavy (non-hydrogen) atoms. The number of rotatable bonds is 4. The Morgan fingerprint density at radius 3 is 2.76 bits per heavy atom. The summed E-state index contributed by atoms with van der Waals surface area (Å²) >= 11 is 7.26. The molecule has 110 valence electrons. The first-order chi connectivity index (χ1) is 9.95. The SMILES string of the molecule is Cc1cc(N)nc(SC(C)C(=O)Nc2ccccc2Cl)n1. The first-order valence-electron chi connectivity index (χ1n) is 6.29. The van der Waals surface area contributed by atoms with E-state index in [0.29, 0.717) is 21.7 Å². The van der Waals surface area contributed by atoms with Gasteiger partial charge in [0, 0.05) is 11.8 Å². The largest absolute Gasteiger partial charge is 0.384 e. The van der Waals surface area contributed by atoms with Gasteiger partial charge in [-0.05, 0) is 26.0 Å². The summed E-state index contributed by atoms with van der Waals surface area (Å²) in [5.74, 6) is 0.223. The highest BCUT2D eigenvalue weighted by Gasteiger charge is 2.17. The molecule has 2 aromatic rings. The lowest BCUT2D eigenvalue weighted by atomic mass is 10.3. The van der Waals surface area contributed by atoms with Crippen molar-refractivity contribution in [2.75, 3.05) is 11.1 Å². The predicted molar refractivity (Wildman–Crippen MR) is 86.6 cm³/mol. The Morgan fingerprint density at radius 1 is 1.38 bits per heavy atom. The Hall–Kier alpha value is -1.79. The van der Waals surface area contributed by atoms with Crippen molar-refractivity contribution in [2.45, 2.75) is 24.3 Å². The van der Waals surface area contributed by atoms with Crippen molar-refractivity contribution in [1.82, 2.24) is 9.97 Å². The van der Waals surface area contributed by atoms with E-state index in [9.17, 15) is 4.79 Å². The van der Waals surface area contributed by atoms with Crippen LogP contribution in [0.3, 0.4) is 0 Å².